The first-order valence-electron chi connectivity index (χ1n) is 6.00. The van der Waals surface area contributed by atoms with Crippen LogP contribution in [-0.4, -0.2) is 10.0 Å². The third-order valence-electron chi connectivity index (χ3n) is 3.12. The predicted octanol–water partition coefficient (Wildman–Crippen LogP) is 3.51. The number of non-ortho nitro benzene ring substituents is 1. The summed E-state index contributed by atoms with van der Waals surface area (Å²) in [6.07, 6.45) is 0.565. The minimum Gasteiger partial charge on any atom is -0.508 e. The van der Waals surface area contributed by atoms with Crippen molar-refractivity contribution in [3.8, 4) is 5.75 Å². The van der Waals surface area contributed by atoms with Crippen molar-refractivity contribution in [1.29, 1.82) is 0 Å². The first kappa shape index (κ1) is 13.1. The van der Waals surface area contributed by atoms with Crippen molar-refractivity contribution >= 4 is 5.69 Å². The number of aryl methyl sites for hydroxylation is 2. The molecule has 0 saturated heterocycles. The Morgan fingerprint density at radius 3 is 2.32 bits per heavy atom. The molecular formula is C15H15NO3. The van der Waals surface area contributed by atoms with Crippen molar-refractivity contribution in [2.45, 2.75) is 20.3 Å². The lowest BCUT2D eigenvalue weighted by molar-refractivity contribution is -0.384. The number of hydrogen-bond donors (Lipinski definition) is 1. The molecule has 0 unspecified atom stereocenters. The Bertz CT molecular complexity index is 595. The highest BCUT2D eigenvalue weighted by molar-refractivity contribution is 5.45. The molecule has 0 amide bonds. The van der Waals surface area contributed by atoms with Gasteiger partial charge in [0.1, 0.15) is 5.75 Å². The molecule has 0 aliphatic rings. The quantitative estimate of drug-likeness (QED) is 0.676. The maximum atomic E-state index is 10.6. The van der Waals surface area contributed by atoms with Gasteiger partial charge in [-0.25, -0.2) is 0 Å². The zero-order valence-electron chi connectivity index (χ0n) is 10.9. The number of phenolic OH excluding ortho intramolecular Hbond substituents is 1. The average molecular weight is 257 g/mol. The van der Waals surface area contributed by atoms with E-state index in [0.29, 0.717) is 6.42 Å². The maximum Gasteiger partial charge on any atom is 0.269 e. The summed E-state index contributed by atoms with van der Waals surface area (Å²) in [4.78, 5) is 10.2. The van der Waals surface area contributed by atoms with Crippen LogP contribution < -0.4 is 0 Å². The monoisotopic (exact) mass is 257 g/mol. The molecule has 0 spiro atoms. The van der Waals surface area contributed by atoms with E-state index in [4.69, 9.17) is 0 Å². The summed E-state index contributed by atoms with van der Waals surface area (Å²) < 4.78 is 0. The van der Waals surface area contributed by atoms with Crippen LogP contribution in [0, 0.1) is 24.0 Å². The van der Waals surface area contributed by atoms with Crippen molar-refractivity contribution in [3.05, 3.63) is 68.8 Å². The lowest BCUT2D eigenvalue weighted by Crippen LogP contribution is -1.94. The van der Waals surface area contributed by atoms with Gasteiger partial charge in [-0.05, 0) is 36.6 Å². The summed E-state index contributed by atoms with van der Waals surface area (Å²) in [5, 5.41) is 20.5. The van der Waals surface area contributed by atoms with E-state index in [2.05, 4.69) is 0 Å². The molecule has 0 aliphatic carbocycles. The second-order valence-corrected chi connectivity index (χ2v) is 4.68. The fraction of sp³-hybridized carbons (Fsp3) is 0.200. The maximum absolute atomic E-state index is 10.6. The SMILES string of the molecule is Cc1cc(C)c(Cc2ccc([N+](=O)[O-])cc2)c(O)c1. The lowest BCUT2D eigenvalue weighted by Gasteiger charge is -2.10. The number of nitro benzene ring substituents is 1. The van der Waals surface area contributed by atoms with Crippen molar-refractivity contribution in [2.75, 3.05) is 0 Å². The van der Waals surface area contributed by atoms with Crippen molar-refractivity contribution in [2.24, 2.45) is 0 Å². The Balaban J connectivity index is 2.29. The number of phenols is 1. The number of nitrogens with zero attached hydrogens (tertiary/aromatic N) is 1. The first-order valence-corrected chi connectivity index (χ1v) is 6.00. The van der Waals surface area contributed by atoms with Gasteiger partial charge in [0.05, 0.1) is 4.92 Å². The predicted molar refractivity (Wildman–Crippen MR) is 73.5 cm³/mol. The van der Waals surface area contributed by atoms with E-state index in [0.717, 1.165) is 22.3 Å². The molecule has 4 nitrogen and oxygen atoms in total. The van der Waals surface area contributed by atoms with Gasteiger partial charge in [-0.15, -0.1) is 0 Å². The van der Waals surface area contributed by atoms with Crippen LogP contribution in [0.3, 0.4) is 0 Å². The van der Waals surface area contributed by atoms with Gasteiger partial charge in [-0.2, -0.15) is 0 Å². The molecule has 19 heavy (non-hydrogen) atoms. The van der Waals surface area contributed by atoms with Crippen LogP contribution in [0.1, 0.15) is 22.3 Å². The molecule has 2 rings (SSSR count). The molecular weight excluding hydrogens is 242 g/mol. The Morgan fingerprint density at radius 1 is 1.16 bits per heavy atom. The Kier molecular flexibility index (Phi) is 3.51. The fourth-order valence-electron chi connectivity index (χ4n) is 2.14. The summed E-state index contributed by atoms with van der Waals surface area (Å²) >= 11 is 0. The van der Waals surface area contributed by atoms with Gasteiger partial charge in [-0.1, -0.05) is 18.2 Å². The summed E-state index contributed by atoms with van der Waals surface area (Å²) in [7, 11) is 0. The molecule has 0 atom stereocenters. The van der Waals surface area contributed by atoms with Crippen molar-refractivity contribution in [1.82, 2.24) is 0 Å². The second-order valence-electron chi connectivity index (χ2n) is 4.68. The van der Waals surface area contributed by atoms with Crippen LogP contribution >= 0.6 is 0 Å². The van der Waals surface area contributed by atoms with Gasteiger partial charge in [0, 0.05) is 24.1 Å². The number of nitro groups is 1. The summed E-state index contributed by atoms with van der Waals surface area (Å²) in [6, 6.07) is 10.1. The third kappa shape index (κ3) is 2.91. The van der Waals surface area contributed by atoms with Gasteiger partial charge in [0.15, 0.2) is 0 Å². The Hall–Kier alpha value is -2.36. The van der Waals surface area contributed by atoms with E-state index in [9.17, 15) is 15.2 Å². The molecule has 0 bridgehead atoms. The van der Waals surface area contributed by atoms with E-state index in [-0.39, 0.29) is 11.4 Å². The van der Waals surface area contributed by atoms with Crippen molar-refractivity contribution in [3.63, 3.8) is 0 Å². The zero-order valence-corrected chi connectivity index (χ0v) is 10.9. The smallest absolute Gasteiger partial charge is 0.269 e. The van der Waals surface area contributed by atoms with Crippen LogP contribution in [0.5, 0.6) is 5.75 Å². The molecule has 0 saturated carbocycles. The fourth-order valence-corrected chi connectivity index (χ4v) is 2.14. The second kappa shape index (κ2) is 5.10. The van der Waals surface area contributed by atoms with Gasteiger partial charge in [0.2, 0.25) is 0 Å². The molecule has 4 heteroatoms. The first-order chi connectivity index (χ1) is 8.97. The molecule has 0 radical (unpaired) electrons. The minimum atomic E-state index is -0.418. The molecule has 2 aromatic carbocycles. The standard InChI is InChI=1S/C15H15NO3/c1-10-7-11(2)14(15(17)8-10)9-12-3-5-13(6-4-12)16(18)19/h3-8,17H,9H2,1-2H3. The molecule has 0 aromatic heterocycles. The molecule has 98 valence electrons. The van der Waals surface area contributed by atoms with Gasteiger partial charge in [-0.3, -0.25) is 10.1 Å². The normalized spacial score (nSPS) is 10.4. The third-order valence-corrected chi connectivity index (χ3v) is 3.12. The number of aromatic hydroxyl groups is 1. The average Bonchev–Trinajstić information content (AvgIpc) is 2.34. The highest BCUT2D eigenvalue weighted by Crippen LogP contribution is 2.26. The summed E-state index contributed by atoms with van der Waals surface area (Å²) in [6.45, 7) is 3.88. The van der Waals surface area contributed by atoms with E-state index in [1.54, 1.807) is 18.2 Å². The van der Waals surface area contributed by atoms with Crippen molar-refractivity contribution < 1.29 is 10.0 Å². The van der Waals surface area contributed by atoms with Crippen LogP contribution in [0.25, 0.3) is 0 Å². The van der Waals surface area contributed by atoms with E-state index < -0.39 is 4.92 Å². The summed E-state index contributed by atoms with van der Waals surface area (Å²) in [5.74, 6) is 0.274. The lowest BCUT2D eigenvalue weighted by atomic mass is 9.97. The van der Waals surface area contributed by atoms with Gasteiger partial charge in [0.25, 0.3) is 5.69 Å². The zero-order chi connectivity index (χ0) is 14.0. The van der Waals surface area contributed by atoms with Crippen LogP contribution in [0.15, 0.2) is 36.4 Å². The topological polar surface area (TPSA) is 63.4 Å². The van der Waals surface area contributed by atoms with Crippen LogP contribution in [0.2, 0.25) is 0 Å². The van der Waals surface area contributed by atoms with E-state index in [1.807, 2.05) is 19.9 Å². The molecule has 0 aliphatic heterocycles. The molecule has 0 fully saturated rings. The van der Waals surface area contributed by atoms with E-state index >= 15 is 0 Å². The van der Waals surface area contributed by atoms with Gasteiger partial charge >= 0.3 is 0 Å². The number of benzene rings is 2. The Labute approximate surface area is 111 Å². The van der Waals surface area contributed by atoms with Crippen LogP contribution in [0.4, 0.5) is 5.69 Å². The van der Waals surface area contributed by atoms with Gasteiger partial charge < -0.3 is 5.11 Å². The van der Waals surface area contributed by atoms with Crippen LogP contribution in [-0.2, 0) is 6.42 Å². The molecule has 2 aromatic rings. The Morgan fingerprint density at radius 2 is 1.79 bits per heavy atom. The number of rotatable bonds is 3. The van der Waals surface area contributed by atoms with E-state index in [1.165, 1.54) is 12.1 Å². The number of hydrogen-bond acceptors (Lipinski definition) is 3. The highest BCUT2D eigenvalue weighted by atomic mass is 16.6. The minimum absolute atomic E-state index is 0.0774. The summed E-state index contributed by atoms with van der Waals surface area (Å²) in [5.41, 5.74) is 3.92. The highest BCUT2D eigenvalue weighted by Gasteiger charge is 2.09. The molecule has 0 heterocycles. The largest absolute Gasteiger partial charge is 0.508 e. The molecule has 1 N–H and O–H groups in total.